The maximum absolute atomic E-state index is 12.7. The van der Waals surface area contributed by atoms with Crippen LogP contribution in [0.15, 0.2) is 28.4 Å². The molecule has 2 aromatic rings. The van der Waals surface area contributed by atoms with Crippen molar-refractivity contribution in [2.24, 2.45) is 0 Å². The van der Waals surface area contributed by atoms with Crippen molar-refractivity contribution in [3.63, 3.8) is 0 Å². The van der Waals surface area contributed by atoms with Gasteiger partial charge >= 0.3 is 0 Å². The lowest BCUT2D eigenvalue weighted by Gasteiger charge is -2.32. The minimum atomic E-state index is -0.318. The summed E-state index contributed by atoms with van der Waals surface area (Å²) in [5.74, 6) is -0.219. The first-order valence-corrected chi connectivity index (χ1v) is 8.09. The largest absolute Gasteiger partial charge is 0.369 e. The zero-order chi connectivity index (χ0) is 15.7. The predicted molar refractivity (Wildman–Crippen MR) is 85.5 cm³/mol. The Morgan fingerprint density at radius 1 is 1.45 bits per heavy atom. The molecule has 6 heteroatoms. The SMILES string of the molecule is Cc1cc(C)c(C(=O)N2CCOC(c3cccs3)C2)c(=O)[nH]1. The van der Waals surface area contributed by atoms with Crippen LogP contribution in [0.1, 0.15) is 32.6 Å². The molecule has 0 saturated carbocycles. The lowest BCUT2D eigenvalue weighted by atomic mass is 10.1. The Hall–Kier alpha value is -1.92. The Morgan fingerprint density at radius 2 is 2.27 bits per heavy atom. The molecule has 22 heavy (non-hydrogen) atoms. The van der Waals surface area contributed by atoms with Crippen LogP contribution in [0.2, 0.25) is 0 Å². The molecule has 3 rings (SSSR count). The molecule has 1 aliphatic rings. The molecule has 5 nitrogen and oxygen atoms in total. The van der Waals surface area contributed by atoms with Crippen molar-refractivity contribution in [3.05, 3.63) is 55.6 Å². The van der Waals surface area contributed by atoms with Crippen LogP contribution in [0.25, 0.3) is 0 Å². The van der Waals surface area contributed by atoms with E-state index in [0.717, 1.165) is 10.6 Å². The highest BCUT2D eigenvalue weighted by Gasteiger charge is 2.28. The summed E-state index contributed by atoms with van der Waals surface area (Å²) in [6.07, 6.45) is -0.109. The Morgan fingerprint density at radius 3 is 2.95 bits per heavy atom. The van der Waals surface area contributed by atoms with Crippen LogP contribution in [0.3, 0.4) is 0 Å². The van der Waals surface area contributed by atoms with Crippen LogP contribution in [-0.2, 0) is 4.74 Å². The summed E-state index contributed by atoms with van der Waals surface area (Å²) in [4.78, 5) is 30.4. The van der Waals surface area contributed by atoms with Crippen molar-refractivity contribution in [1.82, 2.24) is 9.88 Å². The molecule has 1 N–H and O–H groups in total. The number of morpholine rings is 1. The summed E-state index contributed by atoms with van der Waals surface area (Å²) in [5.41, 5.74) is 1.39. The van der Waals surface area contributed by atoms with Crippen LogP contribution in [-0.4, -0.2) is 35.5 Å². The predicted octanol–water partition coefficient (Wildman–Crippen LogP) is 2.27. The van der Waals surface area contributed by atoms with Gasteiger partial charge in [-0.15, -0.1) is 11.3 Å². The topological polar surface area (TPSA) is 62.4 Å². The third-order valence-corrected chi connectivity index (χ3v) is 4.76. The molecule has 0 bridgehead atoms. The van der Waals surface area contributed by atoms with Crippen molar-refractivity contribution < 1.29 is 9.53 Å². The molecular formula is C16H18N2O3S. The maximum Gasteiger partial charge on any atom is 0.261 e. The van der Waals surface area contributed by atoms with Crippen molar-refractivity contribution in [2.45, 2.75) is 20.0 Å². The summed E-state index contributed by atoms with van der Waals surface area (Å²) < 4.78 is 5.75. The van der Waals surface area contributed by atoms with Gasteiger partial charge in [0, 0.05) is 17.1 Å². The van der Waals surface area contributed by atoms with Gasteiger partial charge in [0.05, 0.1) is 13.2 Å². The van der Waals surface area contributed by atoms with E-state index in [9.17, 15) is 9.59 Å². The van der Waals surface area contributed by atoms with Crippen LogP contribution in [0.5, 0.6) is 0 Å². The zero-order valence-corrected chi connectivity index (χ0v) is 13.4. The Labute approximate surface area is 132 Å². The van der Waals surface area contributed by atoms with Gasteiger partial charge in [-0.3, -0.25) is 9.59 Å². The monoisotopic (exact) mass is 318 g/mol. The lowest BCUT2D eigenvalue weighted by Crippen LogP contribution is -2.44. The molecule has 116 valence electrons. The molecule has 0 aliphatic carbocycles. The number of hydrogen-bond acceptors (Lipinski definition) is 4. The quantitative estimate of drug-likeness (QED) is 0.924. The second-order valence-corrected chi connectivity index (χ2v) is 6.44. The van der Waals surface area contributed by atoms with Gasteiger partial charge in [-0.25, -0.2) is 0 Å². The third kappa shape index (κ3) is 2.84. The molecule has 3 heterocycles. The van der Waals surface area contributed by atoms with Crippen LogP contribution >= 0.6 is 11.3 Å². The van der Waals surface area contributed by atoms with E-state index >= 15 is 0 Å². The average Bonchev–Trinajstić information content (AvgIpc) is 3.00. The molecule has 0 aromatic carbocycles. The van der Waals surface area contributed by atoms with Gasteiger partial charge in [0.25, 0.3) is 11.5 Å². The Kier molecular flexibility index (Phi) is 4.13. The fraction of sp³-hybridized carbons (Fsp3) is 0.375. The number of nitrogens with one attached hydrogen (secondary N) is 1. The minimum absolute atomic E-state index is 0.109. The molecule has 1 unspecified atom stereocenters. The standard InChI is InChI=1S/C16H18N2O3S/c1-10-8-11(2)17-15(19)14(10)16(20)18-5-6-21-12(9-18)13-4-3-7-22-13/h3-4,7-8,12H,5-6,9H2,1-2H3,(H,17,19). The molecule has 1 atom stereocenters. The van der Waals surface area contributed by atoms with Crippen molar-refractivity contribution in [3.8, 4) is 0 Å². The third-order valence-electron chi connectivity index (χ3n) is 3.79. The summed E-state index contributed by atoms with van der Waals surface area (Å²) in [7, 11) is 0. The number of carbonyl (C=O) groups is 1. The summed E-state index contributed by atoms with van der Waals surface area (Å²) in [5, 5.41) is 1.99. The summed E-state index contributed by atoms with van der Waals surface area (Å²) >= 11 is 1.62. The van der Waals surface area contributed by atoms with Gasteiger partial charge in [-0.05, 0) is 36.9 Å². The van der Waals surface area contributed by atoms with E-state index in [1.807, 2.05) is 30.5 Å². The van der Waals surface area contributed by atoms with E-state index in [1.54, 1.807) is 23.2 Å². The van der Waals surface area contributed by atoms with Crippen LogP contribution in [0, 0.1) is 13.8 Å². The Bertz CT molecular complexity index is 736. The molecule has 1 saturated heterocycles. The number of nitrogens with zero attached hydrogens (tertiary/aromatic N) is 1. The van der Waals surface area contributed by atoms with Gasteiger partial charge < -0.3 is 14.6 Å². The van der Waals surface area contributed by atoms with E-state index in [0.29, 0.717) is 25.3 Å². The lowest BCUT2D eigenvalue weighted by molar-refractivity contribution is -0.0212. The molecule has 1 fully saturated rings. The molecular weight excluding hydrogens is 300 g/mol. The highest BCUT2D eigenvalue weighted by Crippen LogP contribution is 2.26. The normalized spacial score (nSPS) is 18.5. The van der Waals surface area contributed by atoms with Crippen molar-refractivity contribution in [2.75, 3.05) is 19.7 Å². The number of amides is 1. The fourth-order valence-electron chi connectivity index (χ4n) is 2.76. The summed E-state index contributed by atoms with van der Waals surface area (Å²) in [6, 6.07) is 5.80. The molecule has 2 aromatic heterocycles. The van der Waals surface area contributed by atoms with Gasteiger partial charge in [0.15, 0.2) is 0 Å². The van der Waals surface area contributed by atoms with Crippen LogP contribution < -0.4 is 5.56 Å². The average molecular weight is 318 g/mol. The zero-order valence-electron chi connectivity index (χ0n) is 12.6. The van der Waals surface area contributed by atoms with Gasteiger partial charge in [0.1, 0.15) is 11.7 Å². The molecule has 0 radical (unpaired) electrons. The maximum atomic E-state index is 12.7. The highest BCUT2D eigenvalue weighted by atomic mass is 32.1. The number of aryl methyl sites for hydroxylation is 2. The second-order valence-electron chi connectivity index (χ2n) is 5.47. The Balaban J connectivity index is 1.85. The number of aromatic nitrogens is 1. The highest BCUT2D eigenvalue weighted by molar-refractivity contribution is 7.10. The second kappa shape index (κ2) is 6.06. The molecule has 1 aliphatic heterocycles. The number of ether oxygens (including phenoxy) is 1. The number of rotatable bonds is 2. The van der Waals surface area contributed by atoms with Gasteiger partial charge in [0.2, 0.25) is 0 Å². The first-order chi connectivity index (χ1) is 10.6. The number of hydrogen-bond donors (Lipinski definition) is 1. The first kappa shape index (κ1) is 15.0. The number of thiophene rings is 1. The number of aromatic amines is 1. The molecule has 1 amide bonds. The molecule has 0 spiro atoms. The van der Waals surface area contributed by atoms with Gasteiger partial charge in [-0.2, -0.15) is 0 Å². The van der Waals surface area contributed by atoms with Crippen LogP contribution in [0.4, 0.5) is 0 Å². The number of carbonyl (C=O) groups excluding carboxylic acids is 1. The van der Waals surface area contributed by atoms with Crippen molar-refractivity contribution >= 4 is 17.2 Å². The summed E-state index contributed by atoms with van der Waals surface area (Å²) in [6.45, 7) is 5.08. The van der Waals surface area contributed by atoms with E-state index in [1.165, 1.54) is 0 Å². The first-order valence-electron chi connectivity index (χ1n) is 7.21. The van der Waals surface area contributed by atoms with E-state index in [2.05, 4.69) is 4.98 Å². The van der Waals surface area contributed by atoms with Crippen molar-refractivity contribution in [1.29, 1.82) is 0 Å². The number of H-pyrrole nitrogens is 1. The van der Waals surface area contributed by atoms with E-state index in [4.69, 9.17) is 4.74 Å². The van der Waals surface area contributed by atoms with E-state index in [-0.39, 0.29) is 23.1 Å². The van der Waals surface area contributed by atoms with E-state index < -0.39 is 0 Å². The minimum Gasteiger partial charge on any atom is -0.369 e. The van der Waals surface area contributed by atoms with Gasteiger partial charge in [-0.1, -0.05) is 6.07 Å². The fourth-order valence-corrected chi connectivity index (χ4v) is 3.52. The smallest absolute Gasteiger partial charge is 0.261 e. The number of pyridine rings is 1.